The molecule has 0 aromatic rings. The highest BCUT2D eigenvalue weighted by atomic mass is 16.5. The predicted octanol–water partition coefficient (Wildman–Crippen LogP) is 1.89. The summed E-state index contributed by atoms with van der Waals surface area (Å²) in [5.74, 6) is 0. The fourth-order valence-electron chi connectivity index (χ4n) is 2.48. The Labute approximate surface area is 118 Å². The molecule has 0 aromatic heterocycles. The lowest BCUT2D eigenvalue weighted by molar-refractivity contribution is 0.0620. The van der Waals surface area contributed by atoms with Crippen molar-refractivity contribution in [1.29, 1.82) is 0 Å². The van der Waals surface area contributed by atoms with Gasteiger partial charge in [-0.3, -0.25) is 4.90 Å². The summed E-state index contributed by atoms with van der Waals surface area (Å²) in [6.07, 6.45) is 3.55. The van der Waals surface area contributed by atoms with E-state index >= 15 is 0 Å². The van der Waals surface area contributed by atoms with Crippen molar-refractivity contribution in [3.8, 4) is 0 Å². The zero-order chi connectivity index (χ0) is 14.1. The molecule has 19 heavy (non-hydrogen) atoms. The number of methoxy groups -OCH3 is 1. The summed E-state index contributed by atoms with van der Waals surface area (Å²) in [4.78, 5) is 2.62. The van der Waals surface area contributed by atoms with Gasteiger partial charge in [-0.15, -0.1) is 0 Å². The molecule has 1 fully saturated rings. The molecule has 1 rings (SSSR count). The Morgan fingerprint density at radius 2 is 2.05 bits per heavy atom. The van der Waals surface area contributed by atoms with E-state index < -0.39 is 0 Å². The van der Waals surface area contributed by atoms with Gasteiger partial charge in [0.25, 0.3) is 0 Å². The number of ether oxygens (including phenoxy) is 2. The number of nitrogens with one attached hydrogen (secondary N) is 1. The Morgan fingerprint density at radius 1 is 1.26 bits per heavy atom. The van der Waals surface area contributed by atoms with Gasteiger partial charge in [0, 0.05) is 38.4 Å². The van der Waals surface area contributed by atoms with Gasteiger partial charge in [-0.05, 0) is 39.7 Å². The molecule has 1 heterocycles. The van der Waals surface area contributed by atoms with E-state index in [9.17, 15) is 0 Å². The van der Waals surface area contributed by atoms with Crippen LogP contribution < -0.4 is 5.32 Å². The number of hydrogen-bond acceptors (Lipinski definition) is 4. The van der Waals surface area contributed by atoms with Crippen LogP contribution in [0.1, 0.15) is 40.0 Å². The topological polar surface area (TPSA) is 33.7 Å². The first kappa shape index (κ1) is 16.9. The molecular weight excluding hydrogens is 240 g/mol. The lowest BCUT2D eigenvalue weighted by atomic mass is 9.93. The van der Waals surface area contributed by atoms with Crippen LogP contribution in [0.4, 0.5) is 0 Å². The van der Waals surface area contributed by atoms with Crippen molar-refractivity contribution < 1.29 is 9.47 Å². The Hall–Kier alpha value is -0.160. The van der Waals surface area contributed by atoms with Crippen molar-refractivity contribution in [2.45, 2.75) is 51.6 Å². The Balaban J connectivity index is 2.13. The third-order valence-electron chi connectivity index (χ3n) is 4.20. The van der Waals surface area contributed by atoms with Gasteiger partial charge in [-0.1, -0.05) is 6.92 Å². The molecule has 1 aliphatic rings. The molecular formula is C15H32N2O2. The van der Waals surface area contributed by atoms with Gasteiger partial charge in [0.2, 0.25) is 0 Å². The standard InChI is InChI=1S/C15H32N2O2/c1-5-15(3)13-17(14(2)12-16-15)8-6-7-9-19-11-10-18-4/h14,16H,5-13H2,1-4H3. The second-order valence-electron chi connectivity index (χ2n) is 5.93. The highest BCUT2D eigenvalue weighted by Gasteiger charge is 2.31. The number of rotatable bonds is 9. The minimum Gasteiger partial charge on any atom is -0.382 e. The Kier molecular flexibility index (Phi) is 7.91. The number of piperazine rings is 1. The van der Waals surface area contributed by atoms with Crippen molar-refractivity contribution in [2.24, 2.45) is 0 Å². The summed E-state index contributed by atoms with van der Waals surface area (Å²) in [6.45, 7) is 12.6. The van der Waals surface area contributed by atoms with Crippen LogP contribution in [0, 0.1) is 0 Å². The number of unbranched alkanes of at least 4 members (excludes halogenated alkanes) is 1. The summed E-state index contributed by atoms with van der Waals surface area (Å²) in [5.41, 5.74) is 0.293. The maximum atomic E-state index is 5.50. The fourth-order valence-corrected chi connectivity index (χ4v) is 2.48. The summed E-state index contributed by atoms with van der Waals surface area (Å²) in [6, 6.07) is 0.647. The molecule has 2 unspecified atom stereocenters. The number of hydrogen-bond donors (Lipinski definition) is 1. The second-order valence-corrected chi connectivity index (χ2v) is 5.93. The SMILES string of the molecule is CCC1(C)CN(CCCCOCCOC)C(C)CN1. The monoisotopic (exact) mass is 272 g/mol. The average molecular weight is 272 g/mol. The molecule has 4 nitrogen and oxygen atoms in total. The van der Waals surface area contributed by atoms with Crippen LogP contribution in [0.2, 0.25) is 0 Å². The molecule has 114 valence electrons. The zero-order valence-electron chi connectivity index (χ0n) is 13.2. The van der Waals surface area contributed by atoms with Crippen molar-refractivity contribution in [1.82, 2.24) is 10.2 Å². The average Bonchev–Trinajstić information content (AvgIpc) is 2.42. The highest BCUT2D eigenvalue weighted by molar-refractivity contribution is 4.92. The van der Waals surface area contributed by atoms with Crippen LogP contribution in [-0.4, -0.2) is 63.0 Å². The third kappa shape index (κ3) is 6.21. The van der Waals surface area contributed by atoms with E-state index in [1.807, 2.05) is 0 Å². The fraction of sp³-hybridized carbons (Fsp3) is 1.00. The molecule has 0 spiro atoms. The van der Waals surface area contributed by atoms with E-state index in [0.29, 0.717) is 24.8 Å². The van der Waals surface area contributed by atoms with Crippen LogP contribution in [0.15, 0.2) is 0 Å². The molecule has 1 aliphatic heterocycles. The van der Waals surface area contributed by atoms with Crippen LogP contribution in [0.3, 0.4) is 0 Å². The summed E-state index contributed by atoms with van der Waals surface area (Å²) in [5, 5.41) is 3.67. The molecule has 0 amide bonds. The lowest BCUT2D eigenvalue weighted by Crippen LogP contribution is -2.61. The zero-order valence-corrected chi connectivity index (χ0v) is 13.2. The van der Waals surface area contributed by atoms with E-state index in [0.717, 1.165) is 26.1 Å². The first-order valence-corrected chi connectivity index (χ1v) is 7.67. The van der Waals surface area contributed by atoms with Gasteiger partial charge in [0.05, 0.1) is 13.2 Å². The van der Waals surface area contributed by atoms with E-state index in [4.69, 9.17) is 9.47 Å². The van der Waals surface area contributed by atoms with E-state index in [2.05, 4.69) is 31.0 Å². The second kappa shape index (κ2) is 8.90. The molecule has 1 N–H and O–H groups in total. The van der Waals surface area contributed by atoms with Gasteiger partial charge >= 0.3 is 0 Å². The molecule has 0 aromatic carbocycles. The van der Waals surface area contributed by atoms with Crippen molar-refractivity contribution in [3.05, 3.63) is 0 Å². The van der Waals surface area contributed by atoms with E-state index in [-0.39, 0.29) is 0 Å². The van der Waals surface area contributed by atoms with Crippen LogP contribution in [-0.2, 0) is 9.47 Å². The number of nitrogens with zero attached hydrogens (tertiary/aromatic N) is 1. The van der Waals surface area contributed by atoms with Gasteiger partial charge in [-0.25, -0.2) is 0 Å². The first-order valence-electron chi connectivity index (χ1n) is 7.67. The Bertz CT molecular complexity index is 238. The van der Waals surface area contributed by atoms with Crippen molar-refractivity contribution in [3.63, 3.8) is 0 Å². The molecule has 0 bridgehead atoms. The summed E-state index contributed by atoms with van der Waals surface area (Å²) < 4.78 is 10.4. The van der Waals surface area contributed by atoms with E-state index in [1.54, 1.807) is 7.11 Å². The molecule has 4 heteroatoms. The van der Waals surface area contributed by atoms with Crippen molar-refractivity contribution in [2.75, 3.05) is 46.6 Å². The molecule has 2 atom stereocenters. The normalized spacial score (nSPS) is 28.7. The molecule has 0 saturated carbocycles. The summed E-state index contributed by atoms with van der Waals surface area (Å²) in [7, 11) is 1.71. The summed E-state index contributed by atoms with van der Waals surface area (Å²) >= 11 is 0. The van der Waals surface area contributed by atoms with E-state index in [1.165, 1.54) is 19.4 Å². The lowest BCUT2D eigenvalue weighted by Gasteiger charge is -2.45. The Morgan fingerprint density at radius 3 is 2.74 bits per heavy atom. The van der Waals surface area contributed by atoms with Gasteiger partial charge in [0.1, 0.15) is 0 Å². The maximum absolute atomic E-state index is 5.50. The highest BCUT2D eigenvalue weighted by Crippen LogP contribution is 2.18. The minimum absolute atomic E-state index is 0.293. The largest absolute Gasteiger partial charge is 0.382 e. The van der Waals surface area contributed by atoms with Crippen molar-refractivity contribution >= 4 is 0 Å². The molecule has 1 saturated heterocycles. The van der Waals surface area contributed by atoms with Crippen LogP contribution in [0.5, 0.6) is 0 Å². The molecule has 0 aliphatic carbocycles. The van der Waals surface area contributed by atoms with Gasteiger partial charge in [0.15, 0.2) is 0 Å². The quantitative estimate of drug-likeness (QED) is 0.650. The van der Waals surface area contributed by atoms with Gasteiger partial charge < -0.3 is 14.8 Å². The van der Waals surface area contributed by atoms with Gasteiger partial charge in [-0.2, -0.15) is 0 Å². The third-order valence-corrected chi connectivity index (χ3v) is 4.20. The maximum Gasteiger partial charge on any atom is 0.0700 e. The predicted molar refractivity (Wildman–Crippen MR) is 79.7 cm³/mol. The minimum atomic E-state index is 0.293. The molecule has 0 radical (unpaired) electrons. The van der Waals surface area contributed by atoms with Crippen LogP contribution >= 0.6 is 0 Å². The smallest absolute Gasteiger partial charge is 0.0700 e. The van der Waals surface area contributed by atoms with Crippen LogP contribution in [0.25, 0.3) is 0 Å². The first-order chi connectivity index (χ1) is 9.11.